The fourth-order valence-corrected chi connectivity index (χ4v) is 3.78. The molecule has 1 aromatic carbocycles. The standard InChI is InChI=1S/C23H30N6O2.HI/c1-3-24-23(26-16-22-28-27-21-10-6-7-13-29(21)22)25-15-17-11-12-19(20(14-17)30-2)31-18-8-4-5-9-18;/h6-7,10-14,18H,3-5,8-9,15-16H2,1-2H3,(H2,24,25,26);1H. The van der Waals surface area contributed by atoms with Gasteiger partial charge in [0.1, 0.15) is 0 Å². The summed E-state index contributed by atoms with van der Waals surface area (Å²) in [6.07, 6.45) is 6.98. The Kier molecular flexibility index (Phi) is 8.95. The zero-order valence-corrected chi connectivity index (χ0v) is 20.9. The first-order valence-electron chi connectivity index (χ1n) is 10.9. The van der Waals surface area contributed by atoms with Crippen LogP contribution >= 0.6 is 24.0 Å². The molecule has 1 saturated carbocycles. The molecule has 2 N–H and O–H groups in total. The fraction of sp³-hybridized carbons (Fsp3) is 0.435. The van der Waals surface area contributed by atoms with Crippen molar-refractivity contribution in [1.82, 2.24) is 25.2 Å². The van der Waals surface area contributed by atoms with Gasteiger partial charge >= 0.3 is 0 Å². The molecular weight excluding hydrogens is 519 g/mol. The van der Waals surface area contributed by atoms with Crippen molar-refractivity contribution in [3.8, 4) is 11.5 Å². The Labute approximate surface area is 205 Å². The van der Waals surface area contributed by atoms with E-state index in [0.717, 1.165) is 53.9 Å². The van der Waals surface area contributed by atoms with Gasteiger partial charge in [0.25, 0.3) is 0 Å². The first-order valence-corrected chi connectivity index (χ1v) is 10.9. The summed E-state index contributed by atoms with van der Waals surface area (Å²) in [6, 6.07) is 11.9. The molecule has 8 nitrogen and oxygen atoms in total. The monoisotopic (exact) mass is 550 g/mol. The van der Waals surface area contributed by atoms with Crippen LogP contribution in [0.3, 0.4) is 0 Å². The van der Waals surface area contributed by atoms with Crippen LogP contribution in [-0.2, 0) is 13.1 Å². The molecule has 9 heteroatoms. The van der Waals surface area contributed by atoms with Crippen LogP contribution in [0.4, 0.5) is 0 Å². The second kappa shape index (κ2) is 11.9. The first-order chi connectivity index (χ1) is 15.3. The lowest BCUT2D eigenvalue weighted by Gasteiger charge is -2.16. The normalized spacial score (nSPS) is 14.2. The first kappa shape index (κ1) is 24.1. The third kappa shape index (κ3) is 6.02. The fourth-order valence-electron chi connectivity index (χ4n) is 3.78. The van der Waals surface area contributed by atoms with Crippen LogP contribution in [0.5, 0.6) is 11.5 Å². The maximum Gasteiger partial charge on any atom is 0.191 e. The molecule has 1 aliphatic carbocycles. The number of benzene rings is 1. The molecule has 0 bridgehead atoms. The van der Waals surface area contributed by atoms with E-state index in [1.54, 1.807) is 7.11 Å². The van der Waals surface area contributed by atoms with Crippen molar-refractivity contribution in [3.63, 3.8) is 0 Å². The number of ether oxygens (including phenoxy) is 2. The van der Waals surface area contributed by atoms with Crippen LogP contribution in [0.15, 0.2) is 47.6 Å². The van der Waals surface area contributed by atoms with E-state index in [9.17, 15) is 0 Å². The molecular formula is C23H31IN6O2. The molecule has 0 amide bonds. The molecule has 172 valence electrons. The van der Waals surface area contributed by atoms with Crippen LogP contribution in [-0.4, -0.2) is 40.3 Å². The highest BCUT2D eigenvalue weighted by atomic mass is 127. The average molecular weight is 550 g/mol. The Morgan fingerprint density at radius 1 is 1.12 bits per heavy atom. The average Bonchev–Trinajstić information content (AvgIpc) is 3.46. The molecule has 4 rings (SSSR count). The highest BCUT2D eigenvalue weighted by Gasteiger charge is 2.18. The minimum atomic E-state index is 0. The predicted octanol–water partition coefficient (Wildman–Crippen LogP) is 3.93. The second-order valence-corrected chi connectivity index (χ2v) is 7.60. The van der Waals surface area contributed by atoms with Gasteiger partial charge in [0.15, 0.2) is 28.9 Å². The third-order valence-electron chi connectivity index (χ3n) is 5.39. The van der Waals surface area contributed by atoms with Crippen molar-refractivity contribution in [2.45, 2.75) is 51.8 Å². The molecule has 3 aromatic rings. The van der Waals surface area contributed by atoms with E-state index >= 15 is 0 Å². The van der Waals surface area contributed by atoms with Crippen molar-refractivity contribution in [2.24, 2.45) is 4.99 Å². The zero-order chi connectivity index (χ0) is 21.5. The topological polar surface area (TPSA) is 85.1 Å². The van der Waals surface area contributed by atoms with Crippen LogP contribution in [0.25, 0.3) is 5.65 Å². The molecule has 0 radical (unpaired) electrons. The number of hydrogen-bond acceptors (Lipinski definition) is 5. The summed E-state index contributed by atoms with van der Waals surface area (Å²) >= 11 is 0. The Balaban J connectivity index is 0.00000289. The summed E-state index contributed by atoms with van der Waals surface area (Å²) in [6.45, 7) is 3.86. The largest absolute Gasteiger partial charge is 0.493 e. The Morgan fingerprint density at radius 2 is 1.97 bits per heavy atom. The lowest BCUT2D eigenvalue weighted by atomic mass is 10.2. The van der Waals surface area contributed by atoms with Gasteiger partial charge in [-0.3, -0.25) is 4.40 Å². The third-order valence-corrected chi connectivity index (χ3v) is 5.39. The highest BCUT2D eigenvalue weighted by molar-refractivity contribution is 14.0. The number of guanidine groups is 1. The molecule has 1 fully saturated rings. The quantitative estimate of drug-likeness (QED) is 0.251. The number of hydrogen-bond donors (Lipinski definition) is 2. The van der Waals surface area contributed by atoms with Gasteiger partial charge in [-0.25, -0.2) is 4.99 Å². The van der Waals surface area contributed by atoms with Gasteiger partial charge in [0, 0.05) is 12.7 Å². The van der Waals surface area contributed by atoms with Gasteiger partial charge in [0.2, 0.25) is 0 Å². The maximum absolute atomic E-state index is 6.13. The number of fused-ring (bicyclic) bond motifs is 1. The molecule has 2 heterocycles. The zero-order valence-electron chi connectivity index (χ0n) is 18.6. The van der Waals surface area contributed by atoms with Crippen molar-refractivity contribution in [2.75, 3.05) is 13.7 Å². The van der Waals surface area contributed by atoms with Crippen molar-refractivity contribution >= 4 is 35.6 Å². The smallest absolute Gasteiger partial charge is 0.191 e. The number of halogens is 1. The number of aromatic nitrogens is 3. The molecule has 0 saturated heterocycles. The number of rotatable bonds is 8. The van der Waals surface area contributed by atoms with Gasteiger partial charge < -0.3 is 20.1 Å². The van der Waals surface area contributed by atoms with Crippen molar-refractivity contribution in [1.29, 1.82) is 0 Å². The van der Waals surface area contributed by atoms with E-state index in [2.05, 4.69) is 20.8 Å². The summed E-state index contributed by atoms with van der Waals surface area (Å²) in [5.74, 6) is 3.12. The van der Waals surface area contributed by atoms with Crippen LogP contribution in [0.1, 0.15) is 44.0 Å². The molecule has 1 aliphatic rings. The molecule has 32 heavy (non-hydrogen) atoms. The van der Waals surface area contributed by atoms with E-state index < -0.39 is 0 Å². The minimum absolute atomic E-state index is 0. The van der Waals surface area contributed by atoms with E-state index in [-0.39, 0.29) is 24.0 Å². The molecule has 0 atom stereocenters. The Morgan fingerprint density at radius 3 is 2.75 bits per heavy atom. The number of pyridine rings is 1. The van der Waals surface area contributed by atoms with Gasteiger partial charge in [-0.2, -0.15) is 0 Å². The highest BCUT2D eigenvalue weighted by Crippen LogP contribution is 2.32. The number of nitrogens with zero attached hydrogens (tertiary/aromatic N) is 4. The minimum Gasteiger partial charge on any atom is -0.493 e. The lowest BCUT2D eigenvalue weighted by molar-refractivity contribution is 0.200. The van der Waals surface area contributed by atoms with E-state index in [1.165, 1.54) is 12.8 Å². The molecule has 2 aromatic heterocycles. The summed E-state index contributed by atoms with van der Waals surface area (Å²) in [7, 11) is 1.68. The molecule has 0 aliphatic heterocycles. The SMILES string of the molecule is CCNC(=NCc1ccc(OC2CCCC2)c(OC)c1)NCc1nnc2ccccn12.I. The number of aliphatic imine (C=N–C) groups is 1. The van der Waals surface area contributed by atoms with Crippen molar-refractivity contribution in [3.05, 3.63) is 54.0 Å². The van der Waals surface area contributed by atoms with Gasteiger partial charge in [-0.05, 0) is 62.4 Å². The van der Waals surface area contributed by atoms with Gasteiger partial charge in [-0.1, -0.05) is 12.1 Å². The van der Waals surface area contributed by atoms with Gasteiger partial charge in [-0.15, -0.1) is 34.2 Å². The Bertz CT molecular complexity index is 1030. The Hall–Kier alpha value is -2.56. The van der Waals surface area contributed by atoms with E-state index in [4.69, 9.17) is 14.5 Å². The van der Waals surface area contributed by atoms with Crippen LogP contribution in [0, 0.1) is 0 Å². The van der Waals surface area contributed by atoms with Crippen LogP contribution in [0.2, 0.25) is 0 Å². The second-order valence-electron chi connectivity index (χ2n) is 7.60. The maximum atomic E-state index is 6.13. The molecule has 0 spiro atoms. The predicted molar refractivity (Wildman–Crippen MR) is 136 cm³/mol. The summed E-state index contributed by atoms with van der Waals surface area (Å²) in [5, 5.41) is 15.1. The summed E-state index contributed by atoms with van der Waals surface area (Å²) in [5.41, 5.74) is 1.88. The van der Waals surface area contributed by atoms with Crippen LogP contribution < -0.4 is 20.1 Å². The summed E-state index contributed by atoms with van der Waals surface area (Å²) in [4.78, 5) is 4.71. The number of methoxy groups -OCH3 is 1. The van der Waals surface area contributed by atoms with Crippen molar-refractivity contribution < 1.29 is 9.47 Å². The number of nitrogens with one attached hydrogen (secondary N) is 2. The van der Waals surface area contributed by atoms with Gasteiger partial charge in [0.05, 0.1) is 26.3 Å². The van der Waals surface area contributed by atoms with E-state index in [0.29, 0.717) is 19.2 Å². The molecule has 0 unspecified atom stereocenters. The summed E-state index contributed by atoms with van der Waals surface area (Å²) < 4.78 is 13.7. The van der Waals surface area contributed by atoms with E-state index in [1.807, 2.05) is 53.9 Å². The lowest BCUT2D eigenvalue weighted by Crippen LogP contribution is -2.37.